The molecule has 1 heterocycles. The second-order valence-corrected chi connectivity index (χ2v) is 6.17. The van der Waals surface area contributed by atoms with Crippen molar-refractivity contribution >= 4 is 40.2 Å². The normalized spacial score (nSPS) is 10.8. The minimum atomic E-state index is -0.477. The summed E-state index contributed by atoms with van der Waals surface area (Å²) in [6.07, 6.45) is 0. The number of amides is 1. The first kappa shape index (κ1) is 15.6. The van der Waals surface area contributed by atoms with Crippen molar-refractivity contribution in [2.24, 2.45) is 5.73 Å². The minimum absolute atomic E-state index is 0.0331. The summed E-state index contributed by atoms with van der Waals surface area (Å²) in [5.41, 5.74) is 6.15. The Labute approximate surface area is 141 Å². The van der Waals surface area contributed by atoms with Crippen LogP contribution in [0.15, 0.2) is 58.5 Å². The summed E-state index contributed by atoms with van der Waals surface area (Å²) in [4.78, 5) is 28.4. The van der Waals surface area contributed by atoms with E-state index >= 15 is 0 Å². The maximum absolute atomic E-state index is 12.9. The van der Waals surface area contributed by atoms with Crippen LogP contribution in [0.25, 0.3) is 16.6 Å². The third-order valence-corrected chi connectivity index (χ3v) is 4.35. The van der Waals surface area contributed by atoms with Crippen LogP contribution in [0.2, 0.25) is 5.02 Å². The molecule has 0 aliphatic carbocycles. The molecular weight excluding hydrogens is 334 g/mol. The maximum Gasteiger partial charge on any atom is 0.266 e. The molecule has 3 rings (SSSR count). The lowest BCUT2D eigenvalue weighted by Gasteiger charge is -2.12. The van der Waals surface area contributed by atoms with Crippen molar-refractivity contribution in [2.75, 3.05) is 5.75 Å². The largest absolute Gasteiger partial charge is 0.369 e. The van der Waals surface area contributed by atoms with Gasteiger partial charge in [-0.05, 0) is 30.3 Å². The van der Waals surface area contributed by atoms with Crippen LogP contribution >= 0.6 is 23.4 Å². The Bertz CT molecular complexity index is 955. The van der Waals surface area contributed by atoms with Crippen molar-refractivity contribution in [3.8, 4) is 5.69 Å². The van der Waals surface area contributed by atoms with Crippen LogP contribution in [0.5, 0.6) is 0 Å². The molecule has 23 heavy (non-hydrogen) atoms. The first-order chi connectivity index (χ1) is 11.1. The summed E-state index contributed by atoms with van der Waals surface area (Å²) in [5.74, 6) is -0.444. The molecule has 1 amide bonds. The summed E-state index contributed by atoms with van der Waals surface area (Å²) in [5, 5.41) is 1.40. The molecular formula is C16H12ClN3O2S. The van der Waals surface area contributed by atoms with Crippen LogP contribution in [0, 0.1) is 0 Å². The average molecular weight is 346 g/mol. The molecule has 1 aromatic heterocycles. The molecule has 0 radical (unpaired) electrons. The second kappa shape index (κ2) is 6.44. The molecule has 0 aliphatic rings. The van der Waals surface area contributed by atoms with E-state index in [1.807, 2.05) is 0 Å². The number of rotatable bonds is 4. The van der Waals surface area contributed by atoms with Crippen LogP contribution in [0.4, 0.5) is 0 Å². The van der Waals surface area contributed by atoms with Gasteiger partial charge < -0.3 is 5.73 Å². The number of para-hydroxylation sites is 1. The number of benzene rings is 2. The van der Waals surface area contributed by atoms with Crippen molar-refractivity contribution in [3.63, 3.8) is 0 Å². The van der Waals surface area contributed by atoms with Crippen LogP contribution in [0.3, 0.4) is 0 Å². The Morgan fingerprint density at radius 3 is 2.74 bits per heavy atom. The van der Waals surface area contributed by atoms with Gasteiger partial charge in [0.1, 0.15) is 0 Å². The molecule has 0 saturated heterocycles. The van der Waals surface area contributed by atoms with Gasteiger partial charge in [0.15, 0.2) is 5.16 Å². The fraction of sp³-hybridized carbons (Fsp3) is 0.0625. The molecule has 0 spiro atoms. The lowest BCUT2D eigenvalue weighted by atomic mass is 10.2. The molecule has 0 unspecified atom stereocenters. The molecule has 7 heteroatoms. The van der Waals surface area contributed by atoms with Gasteiger partial charge in [-0.25, -0.2) is 4.98 Å². The van der Waals surface area contributed by atoms with Crippen molar-refractivity contribution in [1.29, 1.82) is 0 Å². The third-order valence-electron chi connectivity index (χ3n) is 3.15. The number of carbonyl (C=O) groups excluding carboxylic acids is 1. The van der Waals surface area contributed by atoms with E-state index in [1.165, 1.54) is 4.57 Å². The molecule has 0 saturated carbocycles. The van der Waals surface area contributed by atoms with E-state index in [2.05, 4.69) is 4.98 Å². The fourth-order valence-electron chi connectivity index (χ4n) is 2.19. The summed E-state index contributed by atoms with van der Waals surface area (Å²) in [7, 11) is 0. The molecule has 0 atom stereocenters. The molecule has 0 aliphatic heterocycles. The Morgan fingerprint density at radius 2 is 2.00 bits per heavy atom. The van der Waals surface area contributed by atoms with Crippen molar-refractivity contribution in [3.05, 3.63) is 63.9 Å². The number of halogens is 1. The summed E-state index contributed by atoms with van der Waals surface area (Å²) < 4.78 is 1.45. The number of hydrogen-bond acceptors (Lipinski definition) is 4. The molecule has 0 bridgehead atoms. The quantitative estimate of drug-likeness (QED) is 0.582. The number of fused-ring (bicyclic) bond motifs is 1. The smallest absolute Gasteiger partial charge is 0.266 e. The first-order valence-corrected chi connectivity index (χ1v) is 8.11. The fourth-order valence-corrected chi connectivity index (χ4v) is 3.12. The standard InChI is InChI=1S/C16H12ClN3O2S/c17-10-4-3-5-11(8-10)20-15(22)12-6-1-2-7-13(12)19-16(20)23-9-14(18)21/h1-8H,9H2,(H2,18,21). The summed E-state index contributed by atoms with van der Waals surface area (Å²) in [6, 6.07) is 14.0. The van der Waals surface area contributed by atoms with Gasteiger partial charge in [0.2, 0.25) is 5.91 Å². The van der Waals surface area contributed by atoms with Gasteiger partial charge in [-0.1, -0.05) is 41.6 Å². The molecule has 2 N–H and O–H groups in total. The van der Waals surface area contributed by atoms with E-state index in [1.54, 1.807) is 48.5 Å². The minimum Gasteiger partial charge on any atom is -0.369 e. The average Bonchev–Trinajstić information content (AvgIpc) is 2.53. The lowest BCUT2D eigenvalue weighted by Crippen LogP contribution is -2.23. The Kier molecular flexibility index (Phi) is 4.36. The molecule has 5 nitrogen and oxygen atoms in total. The van der Waals surface area contributed by atoms with E-state index in [0.29, 0.717) is 26.8 Å². The monoisotopic (exact) mass is 345 g/mol. The van der Waals surface area contributed by atoms with Gasteiger partial charge in [0.05, 0.1) is 22.3 Å². The van der Waals surface area contributed by atoms with Crippen molar-refractivity contribution in [2.45, 2.75) is 5.16 Å². The molecule has 2 aromatic carbocycles. The number of aromatic nitrogens is 2. The van der Waals surface area contributed by atoms with E-state index in [-0.39, 0.29) is 11.3 Å². The van der Waals surface area contributed by atoms with Gasteiger partial charge >= 0.3 is 0 Å². The highest BCUT2D eigenvalue weighted by Gasteiger charge is 2.14. The summed E-state index contributed by atoms with van der Waals surface area (Å²) in [6.45, 7) is 0. The number of hydrogen-bond donors (Lipinski definition) is 1. The predicted octanol–water partition coefficient (Wildman–Crippen LogP) is 2.62. The van der Waals surface area contributed by atoms with Crippen molar-refractivity contribution in [1.82, 2.24) is 9.55 Å². The van der Waals surface area contributed by atoms with Crippen LogP contribution in [0.1, 0.15) is 0 Å². The molecule has 3 aromatic rings. The number of thioether (sulfide) groups is 1. The van der Waals surface area contributed by atoms with E-state index < -0.39 is 5.91 Å². The highest BCUT2D eigenvalue weighted by atomic mass is 35.5. The van der Waals surface area contributed by atoms with Crippen LogP contribution in [-0.2, 0) is 4.79 Å². The zero-order chi connectivity index (χ0) is 16.4. The Balaban J connectivity index is 2.27. The first-order valence-electron chi connectivity index (χ1n) is 6.75. The maximum atomic E-state index is 12.9. The lowest BCUT2D eigenvalue weighted by molar-refractivity contribution is -0.115. The highest BCUT2D eigenvalue weighted by Crippen LogP contribution is 2.22. The van der Waals surface area contributed by atoms with E-state index in [4.69, 9.17) is 17.3 Å². The predicted molar refractivity (Wildman–Crippen MR) is 92.3 cm³/mol. The number of primary amides is 1. The number of nitrogens with zero attached hydrogens (tertiary/aromatic N) is 2. The van der Waals surface area contributed by atoms with Crippen molar-refractivity contribution < 1.29 is 4.79 Å². The Morgan fingerprint density at radius 1 is 1.22 bits per heavy atom. The van der Waals surface area contributed by atoms with Gasteiger partial charge in [-0.15, -0.1) is 0 Å². The highest BCUT2D eigenvalue weighted by molar-refractivity contribution is 7.99. The zero-order valence-electron chi connectivity index (χ0n) is 11.9. The molecule has 0 fully saturated rings. The van der Waals surface area contributed by atoms with Gasteiger partial charge in [0, 0.05) is 5.02 Å². The van der Waals surface area contributed by atoms with Crippen LogP contribution in [-0.4, -0.2) is 21.2 Å². The Hall–Kier alpha value is -2.31. The second-order valence-electron chi connectivity index (χ2n) is 4.79. The zero-order valence-corrected chi connectivity index (χ0v) is 13.5. The number of nitrogens with two attached hydrogens (primary N) is 1. The van der Waals surface area contributed by atoms with Gasteiger partial charge in [-0.3, -0.25) is 14.2 Å². The number of carbonyl (C=O) groups is 1. The van der Waals surface area contributed by atoms with E-state index in [0.717, 1.165) is 11.8 Å². The summed E-state index contributed by atoms with van der Waals surface area (Å²) >= 11 is 7.15. The van der Waals surface area contributed by atoms with E-state index in [9.17, 15) is 9.59 Å². The van der Waals surface area contributed by atoms with Gasteiger partial charge in [0.25, 0.3) is 5.56 Å². The van der Waals surface area contributed by atoms with Crippen LogP contribution < -0.4 is 11.3 Å². The SMILES string of the molecule is NC(=O)CSc1nc2ccccc2c(=O)n1-c1cccc(Cl)c1. The molecule has 116 valence electrons. The third kappa shape index (κ3) is 3.23. The topological polar surface area (TPSA) is 78.0 Å². The van der Waals surface area contributed by atoms with Gasteiger partial charge in [-0.2, -0.15) is 0 Å².